The van der Waals surface area contributed by atoms with E-state index >= 15 is 0 Å². The molecule has 0 amide bonds. The Kier molecular flexibility index (Phi) is 4.73. The Morgan fingerprint density at radius 1 is 0.636 bits per heavy atom. The van der Waals surface area contributed by atoms with Gasteiger partial charge in [-0.05, 0) is 47.4 Å². The minimum atomic E-state index is 0.712. The van der Waals surface area contributed by atoms with E-state index in [1.54, 1.807) is 0 Å². The molecule has 0 saturated heterocycles. The number of para-hydroxylation sites is 1. The first-order valence-corrected chi connectivity index (χ1v) is 11.2. The molecular weight excluding hydrogens is 404 g/mol. The Bertz CT molecular complexity index is 1600. The number of fused-ring (bicyclic) bond motifs is 3. The van der Waals surface area contributed by atoms with Crippen LogP contribution in [-0.2, 0) is 6.42 Å². The first-order valence-electron chi connectivity index (χ1n) is 11.2. The summed E-state index contributed by atoms with van der Waals surface area (Å²) in [6.07, 6.45) is 0.969. The quantitative estimate of drug-likeness (QED) is 0.287. The Labute approximate surface area is 192 Å². The van der Waals surface area contributed by atoms with Gasteiger partial charge in [0.15, 0.2) is 11.4 Å². The van der Waals surface area contributed by atoms with Gasteiger partial charge in [-0.25, -0.2) is 9.97 Å². The lowest BCUT2D eigenvalue weighted by atomic mass is 10.0. The molecule has 4 aromatic carbocycles. The maximum atomic E-state index is 6.29. The van der Waals surface area contributed by atoms with Gasteiger partial charge in [-0.3, -0.25) is 0 Å². The molecule has 3 heteroatoms. The number of hydrogen-bond donors (Lipinski definition) is 0. The second-order valence-corrected chi connectivity index (χ2v) is 8.17. The topological polar surface area (TPSA) is 38.9 Å². The number of aromatic nitrogens is 2. The van der Waals surface area contributed by atoms with Crippen molar-refractivity contribution in [1.29, 1.82) is 0 Å². The lowest BCUT2D eigenvalue weighted by Crippen LogP contribution is -1.95. The Morgan fingerprint density at radius 2 is 1.36 bits per heavy atom. The highest BCUT2D eigenvalue weighted by molar-refractivity contribution is 6.07. The molecule has 0 N–H and O–H groups in total. The van der Waals surface area contributed by atoms with Crippen molar-refractivity contribution in [3.63, 3.8) is 0 Å². The fourth-order valence-electron chi connectivity index (χ4n) is 4.32. The number of hydrogen-bond acceptors (Lipinski definition) is 3. The van der Waals surface area contributed by atoms with Crippen molar-refractivity contribution in [3.05, 3.63) is 109 Å². The molecule has 0 bridgehead atoms. The molecule has 0 aliphatic rings. The lowest BCUT2D eigenvalue weighted by molar-refractivity contribution is 0.667. The fraction of sp³-hybridized carbons (Fsp3) is 0.0667. The van der Waals surface area contributed by atoms with E-state index < -0.39 is 0 Å². The number of rotatable bonds is 4. The summed E-state index contributed by atoms with van der Waals surface area (Å²) in [5, 5.41) is 1.00. The van der Waals surface area contributed by atoms with Crippen molar-refractivity contribution in [1.82, 2.24) is 9.97 Å². The highest BCUT2D eigenvalue weighted by atomic mass is 16.3. The third-order valence-corrected chi connectivity index (χ3v) is 6.06. The largest absolute Gasteiger partial charge is 0.452 e. The van der Waals surface area contributed by atoms with Crippen molar-refractivity contribution in [2.45, 2.75) is 13.3 Å². The fourth-order valence-corrected chi connectivity index (χ4v) is 4.32. The molecule has 33 heavy (non-hydrogen) atoms. The first kappa shape index (κ1) is 19.4. The average molecular weight is 427 g/mol. The van der Waals surface area contributed by atoms with Gasteiger partial charge in [-0.2, -0.15) is 0 Å². The maximum Gasteiger partial charge on any atom is 0.180 e. The second kappa shape index (κ2) is 8.03. The van der Waals surface area contributed by atoms with E-state index in [4.69, 9.17) is 14.4 Å². The van der Waals surface area contributed by atoms with Crippen LogP contribution in [0.2, 0.25) is 0 Å². The smallest absolute Gasteiger partial charge is 0.180 e. The average Bonchev–Trinajstić information content (AvgIpc) is 3.27. The van der Waals surface area contributed by atoms with E-state index in [0.29, 0.717) is 5.82 Å². The van der Waals surface area contributed by atoms with Gasteiger partial charge in [0, 0.05) is 16.5 Å². The molecule has 158 valence electrons. The van der Waals surface area contributed by atoms with Gasteiger partial charge in [-0.15, -0.1) is 0 Å². The van der Waals surface area contributed by atoms with Crippen LogP contribution in [0.3, 0.4) is 0 Å². The van der Waals surface area contributed by atoms with E-state index in [1.165, 1.54) is 11.1 Å². The molecule has 0 atom stereocenters. The normalized spacial score (nSPS) is 11.3. The summed E-state index contributed by atoms with van der Waals surface area (Å²) >= 11 is 0. The summed E-state index contributed by atoms with van der Waals surface area (Å²) < 4.78 is 6.29. The van der Waals surface area contributed by atoms with Crippen LogP contribution in [0.15, 0.2) is 108 Å². The zero-order valence-corrected chi connectivity index (χ0v) is 18.3. The van der Waals surface area contributed by atoms with Gasteiger partial charge in [0.1, 0.15) is 16.8 Å². The molecule has 6 aromatic rings. The SMILES string of the molecule is CCc1cccc(-c2nc(-c3cccc(-c4ccccc4)c3)c3oc4ccccc4c3n2)c1. The highest BCUT2D eigenvalue weighted by Gasteiger charge is 2.18. The lowest BCUT2D eigenvalue weighted by Gasteiger charge is -2.09. The van der Waals surface area contributed by atoms with Gasteiger partial charge in [0.05, 0.1) is 0 Å². The van der Waals surface area contributed by atoms with Crippen LogP contribution in [0.1, 0.15) is 12.5 Å². The number of benzene rings is 4. The molecule has 6 rings (SSSR count). The number of aryl methyl sites for hydroxylation is 1. The van der Waals surface area contributed by atoms with E-state index in [9.17, 15) is 0 Å². The van der Waals surface area contributed by atoms with Gasteiger partial charge in [-0.1, -0.05) is 85.8 Å². The molecule has 0 spiro atoms. The summed E-state index contributed by atoms with van der Waals surface area (Å²) in [5.41, 5.74) is 8.80. The standard InChI is InChI=1S/C30H22N2O/c1-2-20-10-8-15-24(18-20)30-31-27(29-28(32-30)25-16-6-7-17-26(25)33-29)23-14-9-13-22(19-23)21-11-4-3-5-12-21/h3-19H,2H2,1H3. The van der Waals surface area contributed by atoms with E-state index in [0.717, 1.165) is 50.9 Å². The summed E-state index contributed by atoms with van der Waals surface area (Å²) in [6, 6.07) is 35.4. The molecule has 2 heterocycles. The van der Waals surface area contributed by atoms with E-state index in [2.05, 4.69) is 85.8 Å². The van der Waals surface area contributed by atoms with Crippen LogP contribution in [0, 0.1) is 0 Å². The molecule has 0 unspecified atom stereocenters. The van der Waals surface area contributed by atoms with Crippen molar-refractivity contribution >= 4 is 22.1 Å². The van der Waals surface area contributed by atoms with E-state index in [-0.39, 0.29) is 0 Å². The minimum Gasteiger partial charge on any atom is -0.452 e. The molecule has 2 aromatic heterocycles. The van der Waals surface area contributed by atoms with Crippen molar-refractivity contribution < 1.29 is 4.42 Å². The third-order valence-electron chi connectivity index (χ3n) is 6.06. The predicted molar refractivity (Wildman–Crippen MR) is 135 cm³/mol. The third kappa shape index (κ3) is 3.48. The van der Waals surface area contributed by atoms with E-state index in [1.807, 2.05) is 24.3 Å². The Hall–Kier alpha value is -4.24. The van der Waals surface area contributed by atoms with Gasteiger partial charge in [0.25, 0.3) is 0 Å². The van der Waals surface area contributed by atoms with Crippen molar-refractivity contribution in [2.24, 2.45) is 0 Å². The van der Waals surface area contributed by atoms with Crippen LogP contribution in [0.25, 0.3) is 55.8 Å². The Morgan fingerprint density at radius 3 is 2.24 bits per heavy atom. The molecule has 0 fully saturated rings. The van der Waals surface area contributed by atoms with Crippen LogP contribution < -0.4 is 0 Å². The summed E-state index contributed by atoms with van der Waals surface area (Å²) in [6.45, 7) is 2.16. The zero-order chi connectivity index (χ0) is 22.2. The highest BCUT2D eigenvalue weighted by Crippen LogP contribution is 2.36. The van der Waals surface area contributed by atoms with Crippen LogP contribution in [-0.4, -0.2) is 9.97 Å². The van der Waals surface area contributed by atoms with Crippen molar-refractivity contribution in [3.8, 4) is 33.8 Å². The second-order valence-electron chi connectivity index (χ2n) is 8.17. The molecular formula is C30H22N2O. The Balaban J connectivity index is 1.63. The van der Waals surface area contributed by atoms with Crippen LogP contribution in [0.4, 0.5) is 0 Å². The minimum absolute atomic E-state index is 0.712. The summed E-state index contributed by atoms with van der Waals surface area (Å²) in [4.78, 5) is 10.0. The van der Waals surface area contributed by atoms with Gasteiger partial charge >= 0.3 is 0 Å². The maximum absolute atomic E-state index is 6.29. The van der Waals surface area contributed by atoms with Gasteiger partial charge < -0.3 is 4.42 Å². The molecule has 0 radical (unpaired) electrons. The van der Waals surface area contributed by atoms with Gasteiger partial charge in [0.2, 0.25) is 0 Å². The molecule has 0 saturated carbocycles. The monoisotopic (exact) mass is 426 g/mol. The first-order chi connectivity index (χ1) is 16.3. The summed E-state index contributed by atoms with van der Waals surface area (Å²) in [5.74, 6) is 0.712. The molecule has 0 aliphatic carbocycles. The van der Waals surface area contributed by atoms with Crippen molar-refractivity contribution in [2.75, 3.05) is 0 Å². The van der Waals surface area contributed by atoms with Crippen LogP contribution >= 0.6 is 0 Å². The number of furan rings is 1. The molecule has 0 aliphatic heterocycles. The number of nitrogens with zero attached hydrogens (tertiary/aromatic N) is 2. The predicted octanol–water partition coefficient (Wildman–Crippen LogP) is 7.94. The summed E-state index contributed by atoms with van der Waals surface area (Å²) in [7, 11) is 0. The van der Waals surface area contributed by atoms with Crippen LogP contribution in [0.5, 0.6) is 0 Å². The molecule has 3 nitrogen and oxygen atoms in total. The zero-order valence-electron chi connectivity index (χ0n) is 18.3.